The first kappa shape index (κ1) is 10.2. The van der Waals surface area contributed by atoms with Gasteiger partial charge in [0.15, 0.2) is 0 Å². The summed E-state index contributed by atoms with van der Waals surface area (Å²) in [4.78, 5) is 0. The van der Waals surface area contributed by atoms with Crippen LogP contribution in [0.5, 0.6) is 0 Å². The Balaban J connectivity index is 2.46. The minimum absolute atomic E-state index is 0.162. The van der Waals surface area contributed by atoms with Crippen molar-refractivity contribution in [2.45, 2.75) is 38.0 Å². The maximum Gasteiger partial charge on any atom is 0.0969 e. The van der Waals surface area contributed by atoms with Crippen LogP contribution >= 0.6 is 0 Å². The summed E-state index contributed by atoms with van der Waals surface area (Å²) in [5, 5.41) is 9.50. The standard InChI is InChI=1S/C8H17NO2S/c1-7(2)12(11)9-5-3-4-8(10)6-9/h7-8,10H,3-6H2,1-2H3/t8-,12?/m0/s1. The van der Waals surface area contributed by atoms with Crippen molar-refractivity contribution in [2.24, 2.45) is 0 Å². The van der Waals surface area contributed by atoms with E-state index < -0.39 is 11.0 Å². The van der Waals surface area contributed by atoms with Crippen LogP contribution in [0.4, 0.5) is 0 Å². The fourth-order valence-electron chi connectivity index (χ4n) is 1.38. The molecule has 1 rings (SSSR count). The van der Waals surface area contributed by atoms with Gasteiger partial charge >= 0.3 is 0 Å². The minimum Gasteiger partial charge on any atom is -0.392 e. The molecule has 0 radical (unpaired) electrons. The molecule has 1 N–H and O–H groups in total. The van der Waals surface area contributed by atoms with Gasteiger partial charge in [0.2, 0.25) is 0 Å². The number of aliphatic hydroxyl groups excluding tert-OH is 1. The van der Waals surface area contributed by atoms with Crippen molar-refractivity contribution < 1.29 is 9.32 Å². The van der Waals surface area contributed by atoms with E-state index in [0.29, 0.717) is 6.54 Å². The van der Waals surface area contributed by atoms with E-state index in [1.807, 2.05) is 18.2 Å². The van der Waals surface area contributed by atoms with Crippen molar-refractivity contribution in [3.8, 4) is 0 Å². The van der Waals surface area contributed by atoms with Crippen LogP contribution in [0.15, 0.2) is 0 Å². The van der Waals surface area contributed by atoms with Crippen LogP contribution in [0.2, 0.25) is 0 Å². The molecule has 0 aromatic rings. The number of β-amino-alcohol motifs (C(OH)–C–C–N with tert-alkyl or cyclic N) is 1. The molecular formula is C8H17NO2S. The lowest BCUT2D eigenvalue weighted by Crippen LogP contribution is -2.41. The van der Waals surface area contributed by atoms with Gasteiger partial charge in [-0.3, -0.25) is 0 Å². The summed E-state index contributed by atoms with van der Waals surface area (Å²) in [5.41, 5.74) is 0. The van der Waals surface area contributed by atoms with E-state index in [2.05, 4.69) is 0 Å². The third-order valence-electron chi connectivity index (χ3n) is 2.02. The van der Waals surface area contributed by atoms with E-state index in [-0.39, 0.29) is 11.4 Å². The first-order valence-electron chi connectivity index (χ1n) is 4.45. The van der Waals surface area contributed by atoms with Crippen molar-refractivity contribution >= 4 is 11.0 Å². The van der Waals surface area contributed by atoms with Crippen molar-refractivity contribution in [1.29, 1.82) is 0 Å². The molecule has 4 heteroatoms. The predicted octanol–water partition coefficient (Wildman–Crippen LogP) is 0.515. The van der Waals surface area contributed by atoms with Crippen LogP contribution in [-0.2, 0) is 11.0 Å². The fraction of sp³-hybridized carbons (Fsp3) is 1.00. The fourth-order valence-corrected chi connectivity index (χ4v) is 2.61. The summed E-state index contributed by atoms with van der Waals surface area (Å²) in [6.07, 6.45) is 1.53. The molecule has 0 amide bonds. The summed E-state index contributed by atoms with van der Waals surface area (Å²) in [5.74, 6) is 0. The zero-order chi connectivity index (χ0) is 9.14. The lowest BCUT2D eigenvalue weighted by molar-refractivity contribution is 0.110. The summed E-state index contributed by atoms with van der Waals surface area (Å²) < 4.78 is 13.4. The Morgan fingerprint density at radius 2 is 2.25 bits per heavy atom. The molecule has 0 aromatic heterocycles. The first-order chi connectivity index (χ1) is 5.61. The molecule has 1 aliphatic heterocycles. The number of aliphatic hydroxyl groups is 1. The monoisotopic (exact) mass is 191 g/mol. The van der Waals surface area contributed by atoms with Crippen LogP contribution in [-0.4, -0.2) is 38.1 Å². The maximum atomic E-state index is 11.6. The molecule has 72 valence electrons. The van der Waals surface area contributed by atoms with Crippen LogP contribution in [0, 0.1) is 0 Å². The topological polar surface area (TPSA) is 40.5 Å². The van der Waals surface area contributed by atoms with Crippen LogP contribution < -0.4 is 0 Å². The van der Waals surface area contributed by atoms with Gasteiger partial charge in [-0.05, 0) is 26.7 Å². The Labute approximate surface area is 76.4 Å². The Hall–Kier alpha value is 0.0700. The molecule has 0 spiro atoms. The van der Waals surface area contributed by atoms with E-state index >= 15 is 0 Å². The minimum atomic E-state index is -0.906. The highest BCUT2D eigenvalue weighted by atomic mass is 32.2. The Bertz CT molecular complexity index is 172. The highest BCUT2D eigenvalue weighted by molar-refractivity contribution is 7.83. The highest BCUT2D eigenvalue weighted by Gasteiger charge is 2.23. The molecule has 1 unspecified atom stereocenters. The van der Waals surface area contributed by atoms with Crippen molar-refractivity contribution in [2.75, 3.05) is 13.1 Å². The number of nitrogens with zero attached hydrogens (tertiary/aromatic N) is 1. The van der Waals surface area contributed by atoms with Crippen molar-refractivity contribution in [1.82, 2.24) is 4.31 Å². The molecule has 1 fully saturated rings. The van der Waals surface area contributed by atoms with Gasteiger partial charge in [0.1, 0.15) is 0 Å². The van der Waals surface area contributed by atoms with Crippen LogP contribution in [0.25, 0.3) is 0 Å². The first-order valence-corrected chi connectivity index (χ1v) is 5.62. The second-order valence-electron chi connectivity index (χ2n) is 3.51. The van der Waals surface area contributed by atoms with Crippen molar-refractivity contribution in [3.05, 3.63) is 0 Å². The second kappa shape index (κ2) is 4.35. The maximum absolute atomic E-state index is 11.6. The summed E-state index contributed by atoms with van der Waals surface area (Å²) in [6.45, 7) is 5.32. The normalized spacial score (nSPS) is 29.2. The smallest absolute Gasteiger partial charge is 0.0969 e. The predicted molar refractivity (Wildman–Crippen MR) is 50.1 cm³/mol. The van der Waals surface area contributed by atoms with Crippen LogP contribution in [0.3, 0.4) is 0 Å². The average Bonchev–Trinajstić information content (AvgIpc) is 2.03. The number of piperidine rings is 1. The molecule has 1 saturated heterocycles. The molecule has 0 bridgehead atoms. The summed E-state index contributed by atoms with van der Waals surface area (Å²) in [6, 6.07) is 0. The highest BCUT2D eigenvalue weighted by Crippen LogP contribution is 2.13. The van der Waals surface area contributed by atoms with Gasteiger partial charge in [-0.1, -0.05) is 0 Å². The molecule has 0 aromatic carbocycles. The van der Waals surface area contributed by atoms with E-state index in [1.165, 1.54) is 0 Å². The van der Waals surface area contributed by atoms with Gasteiger partial charge in [-0.15, -0.1) is 0 Å². The molecule has 3 nitrogen and oxygen atoms in total. The van der Waals surface area contributed by atoms with Gasteiger partial charge in [0, 0.05) is 18.3 Å². The SMILES string of the molecule is CC(C)S(=O)N1CCC[C@H](O)C1. The lowest BCUT2D eigenvalue weighted by atomic mass is 10.1. The van der Waals surface area contributed by atoms with Gasteiger partial charge < -0.3 is 5.11 Å². The second-order valence-corrected chi connectivity index (χ2v) is 5.52. The molecule has 2 atom stereocenters. The van der Waals surface area contributed by atoms with Crippen molar-refractivity contribution in [3.63, 3.8) is 0 Å². The molecule has 0 saturated carbocycles. The third kappa shape index (κ3) is 2.54. The van der Waals surface area contributed by atoms with Gasteiger partial charge in [0.25, 0.3) is 0 Å². The Kier molecular flexibility index (Phi) is 3.68. The summed E-state index contributed by atoms with van der Waals surface area (Å²) >= 11 is 0. The molecule has 1 aliphatic rings. The zero-order valence-corrected chi connectivity index (χ0v) is 8.51. The van der Waals surface area contributed by atoms with Gasteiger partial charge in [-0.25, -0.2) is 8.51 Å². The van der Waals surface area contributed by atoms with E-state index in [4.69, 9.17) is 0 Å². The number of hydrogen-bond acceptors (Lipinski definition) is 2. The van der Waals surface area contributed by atoms with Crippen LogP contribution in [0.1, 0.15) is 26.7 Å². The Morgan fingerprint density at radius 1 is 1.58 bits per heavy atom. The van der Waals surface area contributed by atoms with Gasteiger partial charge in [-0.2, -0.15) is 0 Å². The third-order valence-corrected chi connectivity index (χ3v) is 3.66. The van der Waals surface area contributed by atoms with E-state index in [1.54, 1.807) is 0 Å². The molecular weight excluding hydrogens is 174 g/mol. The molecule has 1 heterocycles. The molecule has 12 heavy (non-hydrogen) atoms. The Morgan fingerprint density at radius 3 is 2.75 bits per heavy atom. The average molecular weight is 191 g/mol. The quantitative estimate of drug-likeness (QED) is 0.691. The lowest BCUT2D eigenvalue weighted by Gasteiger charge is -2.29. The van der Waals surface area contributed by atoms with E-state index in [9.17, 15) is 9.32 Å². The molecule has 0 aliphatic carbocycles. The number of hydrogen-bond donors (Lipinski definition) is 1. The largest absolute Gasteiger partial charge is 0.392 e. The zero-order valence-electron chi connectivity index (χ0n) is 7.69. The van der Waals surface area contributed by atoms with Gasteiger partial charge in [0.05, 0.1) is 17.1 Å². The summed E-state index contributed by atoms with van der Waals surface area (Å²) in [7, 11) is -0.906. The number of rotatable bonds is 2. The van der Waals surface area contributed by atoms with E-state index in [0.717, 1.165) is 19.4 Å².